The molecule has 1 aliphatic rings. The Labute approximate surface area is 148 Å². The lowest BCUT2D eigenvalue weighted by molar-refractivity contribution is -0.389. The molecule has 0 atom stereocenters. The van der Waals surface area contributed by atoms with Gasteiger partial charge in [0.15, 0.2) is 0 Å². The molecular formula is C17H18N4O3S. The number of rotatable bonds is 4. The minimum absolute atomic E-state index is 0.0658. The Hall–Kier alpha value is -2.61. The second kappa shape index (κ2) is 6.36. The third kappa shape index (κ3) is 2.82. The van der Waals surface area contributed by atoms with Gasteiger partial charge in [0, 0.05) is 18.5 Å². The molecule has 130 valence electrons. The number of hydrogen-bond acceptors (Lipinski definition) is 6. The molecule has 0 saturated carbocycles. The summed E-state index contributed by atoms with van der Waals surface area (Å²) >= 11 is 1.41. The van der Waals surface area contributed by atoms with Crippen molar-refractivity contribution in [2.75, 3.05) is 25.1 Å². The van der Waals surface area contributed by atoms with Crippen molar-refractivity contribution in [3.8, 4) is 5.75 Å². The largest absolute Gasteiger partial charge is 0.497 e. The number of nitrogens with zero attached hydrogens (tertiary/aromatic N) is 4. The predicted octanol–water partition coefficient (Wildman–Crippen LogP) is 3.70. The van der Waals surface area contributed by atoms with Gasteiger partial charge in [-0.2, -0.15) is 9.38 Å². The third-order valence-electron chi connectivity index (χ3n) is 4.75. The molecule has 3 heterocycles. The Morgan fingerprint density at radius 1 is 1.36 bits per heavy atom. The van der Waals surface area contributed by atoms with Gasteiger partial charge in [-0.05, 0) is 41.4 Å². The van der Waals surface area contributed by atoms with Gasteiger partial charge in [-0.25, -0.2) is 0 Å². The molecule has 1 aliphatic heterocycles. The molecule has 25 heavy (non-hydrogen) atoms. The van der Waals surface area contributed by atoms with Crippen LogP contribution in [0.2, 0.25) is 0 Å². The average molecular weight is 358 g/mol. The molecule has 0 aliphatic carbocycles. The number of anilines is 1. The number of ether oxygens (including phenoxy) is 1. The van der Waals surface area contributed by atoms with E-state index in [1.54, 1.807) is 17.7 Å². The lowest BCUT2D eigenvalue weighted by Gasteiger charge is -2.32. The molecule has 0 spiro atoms. The van der Waals surface area contributed by atoms with Crippen LogP contribution >= 0.6 is 11.3 Å². The molecule has 0 radical (unpaired) electrons. The van der Waals surface area contributed by atoms with Crippen LogP contribution in [-0.4, -0.2) is 34.5 Å². The Bertz CT molecular complexity index is 912. The highest BCUT2D eigenvalue weighted by Gasteiger charge is 2.31. The van der Waals surface area contributed by atoms with E-state index >= 15 is 0 Å². The van der Waals surface area contributed by atoms with Gasteiger partial charge >= 0.3 is 5.82 Å². The van der Waals surface area contributed by atoms with Crippen molar-refractivity contribution in [1.29, 1.82) is 0 Å². The minimum Gasteiger partial charge on any atom is -0.497 e. The standard InChI is InChI=1S/C17H18N4O3S/c1-24-14-4-2-3-13(11-14)12-5-7-19(8-6-12)15-16(21(22)23)20-9-10-25-17(20)18-15/h2-4,9-12H,5-8H2,1H3. The van der Waals surface area contributed by atoms with Gasteiger partial charge in [0.2, 0.25) is 5.82 Å². The van der Waals surface area contributed by atoms with E-state index in [1.807, 2.05) is 22.4 Å². The summed E-state index contributed by atoms with van der Waals surface area (Å²) in [6.45, 7) is 1.51. The quantitative estimate of drug-likeness (QED) is 0.525. The molecule has 0 N–H and O–H groups in total. The number of fused-ring (bicyclic) bond motifs is 1. The SMILES string of the molecule is COc1cccc(C2CCN(c3nc4sccn4c3[N+](=O)[O-])CC2)c1. The fraction of sp³-hybridized carbons (Fsp3) is 0.353. The van der Waals surface area contributed by atoms with Gasteiger partial charge in [-0.3, -0.25) is 0 Å². The zero-order valence-electron chi connectivity index (χ0n) is 13.8. The van der Waals surface area contributed by atoms with Crippen LogP contribution in [0.25, 0.3) is 4.96 Å². The zero-order valence-corrected chi connectivity index (χ0v) is 14.6. The molecule has 1 aromatic carbocycles. The predicted molar refractivity (Wildman–Crippen MR) is 96.9 cm³/mol. The van der Waals surface area contributed by atoms with Crippen molar-refractivity contribution in [3.63, 3.8) is 0 Å². The van der Waals surface area contributed by atoms with E-state index < -0.39 is 0 Å². The van der Waals surface area contributed by atoms with Crippen molar-refractivity contribution in [2.45, 2.75) is 18.8 Å². The number of benzene rings is 1. The van der Waals surface area contributed by atoms with Crippen molar-refractivity contribution >= 4 is 27.9 Å². The topological polar surface area (TPSA) is 72.9 Å². The van der Waals surface area contributed by atoms with Crippen LogP contribution in [-0.2, 0) is 0 Å². The summed E-state index contributed by atoms with van der Waals surface area (Å²) in [6, 6.07) is 8.15. The van der Waals surface area contributed by atoms with Crippen LogP contribution in [0.5, 0.6) is 5.75 Å². The van der Waals surface area contributed by atoms with Gasteiger partial charge < -0.3 is 19.8 Å². The fourth-order valence-electron chi connectivity index (χ4n) is 3.46. The lowest BCUT2D eigenvalue weighted by atomic mass is 9.89. The highest BCUT2D eigenvalue weighted by Crippen LogP contribution is 2.36. The third-order valence-corrected chi connectivity index (χ3v) is 5.51. The van der Waals surface area contributed by atoms with Crippen molar-refractivity contribution < 1.29 is 9.66 Å². The lowest BCUT2D eigenvalue weighted by Crippen LogP contribution is -2.33. The summed E-state index contributed by atoms with van der Waals surface area (Å²) in [4.78, 5) is 18.4. The number of imidazole rings is 1. The maximum absolute atomic E-state index is 11.5. The van der Waals surface area contributed by atoms with Gasteiger partial charge in [0.05, 0.1) is 7.11 Å². The van der Waals surface area contributed by atoms with Crippen LogP contribution in [0.4, 0.5) is 11.6 Å². The number of thiazole rings is 1. The number of aromatic nitrogens is 2. The van der Waals surface area contributed by atoms with Gasteiger partial charge in [0.1, 0.15) is 11.9 Å². The van der Waals surface area contributed by atoms with Crippen molar-refractivity contribution in [2.24, 2.45) is 0 Å². The van der Waals surface area contributed by atoms with E-state index in [4.69, 9.17) is 4.74 Å². The monoisotopic (exact) mass is 358 g/mol. The smallest absolute Gasteiger partial charge is 0.373 e. The van der Waals surface area contributed by atoms with Gasteiger partial charge in [-0.15, -0.1) is 0 Å². The van der Waals surface area contributed by atoms with E-state index in [0.717, 1.165) is 31.7 Å². The summed E-state index contributed by atoms with van der Waals surface area (Å²) in [6.07, 6.45) is 3.59. The second-order valence-electron chi connectivity index (χ2n) is 6.11. The molecule has 2 aromatic heterocycles. The maximum atomic E-state index is 11.5. The van der Waals surface area contributed by atoms with Gasteiger partial charge in [-0.1, -0.05) is 23.5 Å². The van der Waals surface area contributed by atoms with Crippen molar-refractivity contribution in [3.05, 3.63) is 51.5 Å². The van der Waals surface area contributed by atoms with E-state index in [0.29, 0.717) is 16.7 Å². The molecule has 0 amide bonds. The van der Waals surface area contributed by atoms with Crippen molar-refractivity contribution in [1.82, 2.24) is 9.38 Å². The van der Waals surface area contributed by atoms with Crippen LogP contribution < -0.4 is 9.64 Å². The fourth-order valence-corrected chi connectivity index (χ4v) is 4.17. The first kappa shape index (κ1) is 15.9. The molecule has 1 fully saturated rings. The molecule has 8 heteroatoms. The Kier molecular flexibility index (Phi) is 4.04. The number of hydrogen-bond donors (Lipinski definition) is 0. The second-order valence-corrected chi connectivity index (χ2v) is 6.98. The number of methoxy groups -OCH3 is 1. The summed E-state index contributed by atoms with van der Waals surface area (Å²) in [7, 11) is 1.67. The van der Waals surface area contributed by atoms with Crippen LogP contribution in [0.3, 0.4) is 0 Å². The Morgan fingerprint density at radius 2 is 2.16 bits per heavy atom. The zero-order chi connectivity index (χ0) is 17.4. The number of nitro groups is 1. The first-order valence-electron chi connectivity index (χ1n) is 8.16. The average Bonchev–Trinajstić information content (AvgIpc) is 3.22. The molecule has 1 saturated heterocycles. The number of piperidine rings is 1. The Morgan fingerprint density at radius 3 is 2.88 bits per heavy atom. The van der Waals surface area contributed by atoms with E-state index in [1.165, 1.54) is 16.9 Å². The summed E-state index contributed by atoms with van der Waals surface area (Å²) in [5, 5.41) is 13.3. The molecular weight excluding hydrogens is 340 g/mol. The molecule has 7 nitrogen and oxygen atoms in total. The van der Waals surface area contributed by atoms with E-state index in [2.05, 4.69) is 17.1 Å². The molecule has 4 rings (SSSR count). The van der Waals surface area contributed by atoms with E-state index in [-0.39, 0.29) is 10.7 Å². The molecule has 3 aromatic rings. The highest BCUT2D eigenvalue weighted by atomic mass is 32.1. The first-order chi connectivity index (χ1) is 12.2. The minimum atomic E-state index is -0.337. The van der Waals surface area contributed by atoms with Crippen LogP contribution in [0, 0.1) is 10.1 Å². The first-order valence-corrected chi connectivity index (χ1v) is 9.04. The van der Waals surface area contributed by atoms with Crippen LogP contribution in [0.15, 0.2) is 35.8 Å². The normalized spacial score (nSPS) is 15.6. The summed E-state index contributed by atoms with van der Waals surface area (Å²) in [5.74, 6) is 1.86. The molecule has 0 bridgehead atoms. The van der Waals surface area contributed by atoms with E-state index in [9.17, 15) is 10.1 Å². The summed E-state index contributed by atoms with van der Waals surface area (Å²) < 4.78 is 6.87. The maximum Gasteiger partial charge on any atom is 0.373 e. The van der Waals surface area contributed by atoms with Crippen LogP contribution in [0.1, 0.15) is 24.3 Å². The molecule has 0 unspecified atom stereocenters. The Balaban J connectivity index is 1.55. The summed E-state index contributed by atoms with van der Waals surface area (Å²) in [5.41, 5.74) is 1.26. The van der Waals surface area contributed by atoms with Gasteiger partial charge in [0.25, 0.3) is 4.96 Å². The highest BCUT2D eigenvalue weighted by molar-refractivity contribution is 7.15.